The lowest BCUT2D eigenvalue weighted by Gasteiger charge is -2.23. The van der Waals surface area contributed by atoms with Gasteiger partial charge >= 0.3 is 12.1 Å². The normalized spacial score (nSPS) is 11.2. The minimum atomic E-state index is -4.55. The van der Waals surface area contributed by atoms with E-state index < -0.39 is 24.6 Å². The molecular formula is C11H14F3N3O3. The molecule has 0 saturated heterocycles. The summed E-state index contributed by atoms with van der Waals surface area (Å²) in [4.78, 5) is 23.6. The van der Waals surface area contributed by atoms with Crippen molar-refractivity contribution in [2.75, 3.05) is 20.2 Å². The molecule has 0 aliphatic rings. The largest absolute Gasteiger partial charge is 0.469 e. The van der Waals surface area contributed by atoms with Gasteiger partial charge in [-0.1, -0.05) is 0 Å². The molecule has 0 aromatic carbocycles. The molecule has 1 N–H and O–H groups in total. The second-order valence-corrected chi connectivity index (χ2v) is 4.08. The molecule has 1 aromatic heterocycles. The van der Waals surface area contributed by atoms with Crippen LogP contribution >= 0.6 is 0 Å². The van der Waals surface area contributed by atoms with Gasteiger partial charge in [-0.05, 0) is 6.92 Å². The first-order valence-corrected chi connectivity index (χ1v) is 5.67. The van der Waals surface area contributed by atoms with Gasteiger partial charge in [-0.15, -0.1) is 0 Å². The van der Waals surface area contributed by atoms with Crippen LogP contribution < -0.4 is 0 Å². The topological polar surface area (TPSA) is 75.3 Å². The molecule has 20 heavy (non-hydrogen) atoms. The number of aryl methyl sites for hydroxylation is 1. The van der Waals surface area contributed by atoms with E-state index in [-0.39, 0.29) is 18.5 Å². The zero-order valence-electron chi connectivity index (χ0n) is 11.0. The number of aromatic nitrogens is 2. The first-order valence-electron chi connectivity index (χ1n) is 5.67. The molecule has 0 fully saturated rings. The maximum atomic E-state index is 12.5. The van der Waals surface area contributed by atoms with Crippen molar-refractivity contribution in [3.05, 3.63) is 17.5 Å². The van der Waals surface area contributed by atoms with Gasteiger partial charge in [-0.3, -0.25) is 14.7 Å². The fraction of sp³-hybridized carbons (Fsp3) is 0.545. The number of aromatic amines is 1. The summed E-state index contributed by atoms with van der Waals surface area (Å²) in [6, 6.07) is 0. The lowest BCUT2D eigenvalue weighted by atomic mass is 10.2. The molecule has 0 bridgehead atoms. The van der Waals surface area contributed by atoms with Crippen molar-refractivity contribution in [3.63, 3.8) is 0 Å². The molecule has 1 aromatic rings. The first kappa shape index (κ1) is 16.0. The number of amides is 1. The zero-order valence-corrected chi connectivity index (χ0v) is 11.0. The Morgan fingerprint density at radius 2 is 2.10 bits per heavy atom. The van der Waals surface area contributed by atoms with Crippen LogP contribution in [0.3, 0.4) is 0 Å². The van der Waals surface area contributed by atoms with Crippen LogP contribution in [0.1, 0.15) is 22.5 Å². The summed E-state index contributed by atoms with van der Waals surface area (Å²) < 4.78 is 41.8. The Bertz CT molecular complexity index is 485. The smallest absolute Gasteiger partial charge is 0.406 e. The highest BCUT2D eigenvalue weighted by atomic mass is 19.4. The van der Waals surface area contributed by atoms with Crippen molar-refractivity contribution in [2.45, 2.75) is 19.5 Å². The molecule has 0 atom stereocenters. The predicted molar refractivity (Wildman–Crippen MR) is 61.9 cm³/mol. The van der Waals surface area contributed by atoms with Gasteiger partial charge in [0.1, 0.15) is 6.54 Å². The molecule has 0 aliphatic heterocycles. The quantitative estimate of drug-likeness (QED) is 0.830. The van der Waals surface area contributed by atoms with Crippen molar-refractivity contribution in [1.82, 2.24) is 15.1 Å². The standard InChI is InChI=1S/C11H14F3N3O3/c1-7-8(5-15-16-7)10(19)17(6-11(12,13)14)4-3-9(18)20-2/h5H,3-4,6H2,1-2H3,(H,15,16). The van der Waals surface area contributed by atoms with Crippen LogP contribution in [0.2, 0.25) is 0 Å². The molecule has 112 valence electrons. The van der Waals surface area contributed by atoms with E-state index in [0.29, 0.717) is 10.6 Å². The summed E-state index contributed by atoms with van der Waals surface area (Å²) in [6.45, 7) is -0.296. The molecule has 1 rings (SSSR count). The van der Waals surface area contributed by atoms with Crippen LogP contribution in [0, 0.1) is 6.92 Å². The maximum absolute atomic E-state index is 12.5. The van der Waals surface area contributed by atoms with Crippen LogP contribution in [-0.4, -0.2) is 53.3 Å². The molecule has 1 heterocycles. The molecule has 1 amide bonds. The Hall–Kier alpha value is -2.06. The lowest BCUT2D eigenvalue weighted by Crippen LogP contribution is -2.40. The summed E-state index contributed by atoms with van der Waals surface area (Å²) in [6.07, 6.45) is -3.71. The minimum absolute atomic E-state index is 0.0408. The molecule has 9 heteroatoms. The van der Waals surface area contributed by atoms with E-state index in [1.54, 1.807) is 0 Å². The van der Waals surface area contributed by atoms with Gasteiger partial charge in [-0.2, -0.15) is 18.3 Å². The number of esters is 1. The summed E-state index contributed by atoms with van der Waals surface area (Å²) >= 11 is 0. The van der Waals surface area contributed by atoms with Crippen molar-refractivity contribution >= 4 is 11.9 Å². The maximum Gasteiger partial charge on any atom is 0.406 e. The number of alkyl halides is 3. The number of H-pyrrole nitrogens is 1. The average Bonchev–Trinajstić information content (AvgIpc) is 2.78. The van der Waals surface area contributed by atoms with Crippen LogP contribution in [0.25, 0.3) is 0 Å². The Morgan fingerprint density at radius 3 is 2.55 bits per heavy atom. The Labute approximate surface area is 112 Å². The number of ether oxygens (including phenoxy) is 1. The van der Waals surface area contributed by atoms with E-state index in [9.17, 15) is 22.8 Å². The fourth-order valence-electron chi connectivity index (χ4n) is 1.53. The molecule has 0 unspecified atom stereocenters. The van der Waals surface area contributed by atoms with E-state index >= 15 is 0 Å². The van der Waals surface area contributed by atoms with Crippen LogP contribution in [0.4, 0.5) is 13.2 Å². The number of hydrogen-bond donors (Lipinski definition) is 1. The van der Waals surface area contributed by atoms with Crippen LogP contribution in [0.5, 0.6) is 0 Å². The van der Waals surface area contributed by atoms with Crippen molar-refractivity contribution in [3.8, 4) is 0 Å². The first-order chi connectivity index (χ1) is 9.24. The Kier molecular flexibility index (Phi) is 5.12. The monoisotopic (exact) mass is 293 g/mol. The van der Waals surface area contributed by atoms with E-state index in [2.05, 4.69) is 14.9 Å². The van der Waals surface area contributed by atoms with Crippen LogP contribution in [0.15, 0.2) is 6.20 Å². The minimum Gasteiger partial charge on any atom is -0.469 e. The van der Waals surface area contributed by atoms with E-state index in [1.807, 2.05) is 0 Å². The average molecular weight is 293 g/mol. The van der Waals surface area contributed by atoms with Gasteiger partial charge in [-0.25, -0.2) is 0 Å². The molecule has 6 nitrogen and oxygen atoms in total. The second kappa shape index (κ2) is 6.40. The van der Waals surface area contributed by atoms with Crippen molar-refractivity contribution < 1.29 is 27.5 Å². The van der Waals surface area contributed by atoms with Gasteiger partial charge in [0, 0.05) is 12.2 Å². The van der Waals surface area contributed by atoms with E-state index in [4.69, 9.17) is 0 Å². The molecule has 0 aliphatic carbocycles. The number of nitrogens with zero attached hydrogens (tertiary/aromatic N) is 2. The highest BCUT2D eigenvalue weighted by Crippen LogP contribution is 2.19. The fourth-order valence-corrected chi connectivity index (χ4v) is 1.53. The number of nitrogens with one attached hydrogen (secondary N) is 1. The van der Waals surface area contributed by atoms with Crippen molar-refractivity contribution in [1.29, 1.82) is 0 Å². The zero-order chi connectivity index (χ0) is 15.3. The summed E-state index contributed by atoms with van der Waals surface area (Å²) in [5.74, 6) is -1.52. The lowest BCUT2D eigenvalue weighted by molar-refractivity contribution is -0.147. The SMILES string of the molecule is COC(=O)CCN(CC(F)(F)F)C(=O)c1cn[nH]c1C. The summed E-state index contributed by atoms with van der Waals surface area (Å²) in [5.41, 5.74) is 0.402. The molecule has 0 radical (unpaired) electrons. The van der Waals surface area contributed by atoms with Gasteiger partial charge in [0.25, 0.3) is 5.91 Å². The van der Waals surface area contributed by atoms with E-state index in [1.165, 1.54) is 6.92 Å². The second-order valence-electron chi connectivity index (χ2n) is 4.08. The summed E-state index contributed by atoms with van der Waals surface area (Å²) in [5, 5.41) is 6.06. The molecular weight excluding hydrogens is 279 g/mol. The van der Waals surface area contributed by atoms with Gasteiger partial charge in [0.2, 0.25) is 0 Å². The highest BCUT2D eigenvalue weighted by Gasteiger charge is 2.34. The number of hydrogen-bond acceptors (Lipinski definition) is 4. The number of carbonyl (C=O) groups excluding carboxylic acids is 2. The van der Waals surface area contributed by atoms with Crippen molar-refractivity contribution in [2.24, 2.45) is 0 Å². The third kappa shape index (κ3) is 4.56. The summed E-state index contributed by atoms with van der Waals surface area (Å²) in [7, 11) is 1.12. The van der Waals surface area contributed by atoms with Gasteiger partial charge in [0.05, 0.1) is 25.3 Å². The third-order valence-corrected chi connectivity index (χ3v) is 2.53. The predicted octanol–water partition coefficient (Wildman–Crippen LogP) is 1.29. The molecule has 0 saturated carbocycles. The Balaban J connectivity index is 2.84. The number of halogens is 3. The van der Waals surface area contributed by atoms with Gasteiger partial charge in [0.15, 0.2) is 0 Å². The number of methoxy groups -OCH3 is 1. The molecule has 0 spiro atoms. The number of rotatable bonds is 5. The Morgan fingerprint density at radius 1 is 1.45 bits per heavy atom. The highest BCUT2D eigenvalue weighted by molar-refractivity contribution is 5.95. The number of carbonyl (C=O) groups is 2. The van der Waals surface area contributed by atoms with Gasteiger partial charge < -0.3 is 9.64 Å². The van der Waals surface area contributed by atoms with E-state index in [0.717, 1.165) is 13.3 Å². The van der Waals surface area contributed by atoms with Crippen LogP contribution in [-0.2, 0) is 9.53 Å². The third-order valence-electron chi connectivity index (χ3n) is 2.53.